The molecule has 2 fully saturated rings. The van der Waals surface area contributed by atoms with Crippen molar-refractivity contribution in [1.82, 2.24) is 0 Å². The van der Waals surface area contributed by atoms with E-state index in [4.69, 9.17) is 4.43 Å². The first kappa shape index (κ1) is 28.1. The van der Waals surface area contributed by atoms with Crippen LogP contribution in [0.3, 0.4) is 0 Å². The van der Waals surface area contributed by atoms with Crippen LogP contribution in [-0.2, 0) is 8.85 Å². The maximum atomic E-state index is 14.1. The third-order valence-corrected chi connectivity index (χ3v) is 13.2. The predicted octanol–water partition coefficient (Wildman–Crippen LogP) is 7.27. The predicted molar refractivity (Wildman–Crippen MR) is 101 cm³/mol. The van der Waals surface area contributed by atoms with Crippen LogP contribution in [-0.4, -0.2) is 43.7 Å². The molecule has 0 aliphatic carbocycles. The van der Waals surface area contributed by atoms with Gasteiger partial charge in [0, 0.05) is 0 Å². The first-order valence-corrected chi connectivity index (χ1v) is 12.9. The Labute approximate surface area is 192 Å². The summed E-state index contributed by atoms with van der Waals surface area (Å²) < 4.78 is 178. The van der Waals surface area contributed by atoms with Gasteiger partial charge in [0.2, 0.25) is 0 Å². The zero-order chi connectivity index (χ0) is 27.2. The summed E-state index contributed by atoms with van der Waals surface area (Å²) in [5.41, 5.74) is -14.3. The van der Waals surface area contributed by atoms with E-state index in [9.17, 15) is 52.7 Å². The van der Waals surface area contributed by atoms with Crippen molar-refractivity contribution in [2.45, 2.75) is 81.1 Å². The molecule has 0 unspecified atom stereocenters. The maximum absolute atomic E-state index is 14.1. The second kappa shape index (κ2) is 7.30. The monoisotopic (exact) mass is 549 g/mol. The van der Waals surface area contributed by atoms with Gasteiger partial charge in [0.05, 0.1) is 0 Å². The molecule has 202 valence electrons. The molecular formula is C20H21F12O2Si-. The van der Waals surface area contributed by atoms with Gasteiger partial charge >= 0.3 is 191 Å². The van der Waals surface area contributed by atoms with E-state index < -0.39 is 78.8 Å². The van der Waals surface area contributed by atoms with Gasteiger partial charge in [0.1, 0.15) is 0 Å². The fourth-order valence-corrected chi connectivity index (χ4v) is 13.3. The second-order valence-corrected chi connectivity index (χ2v) is 15.1. The Morgan fingerprint density at radius 3 is 1.54 bits per heavy atom. The van der Waals surface area contributed by atoms with Gasteiger partial charge in [0.15, 0.2) is 0 Å². The average Bonchev–Trinajstić information content (AvgIpc) is 3.04. The van der Waals surface area contributed by atoms with Gasteiger partial charge in [0.25, 0.3) is 0 Å². The summed E-state index contributed by atoms with van der Waals surface area (Å²) in [5.74, 6) is 0. The van der Waals surface area contributed by atoms with Crippen molar-refractivity contribution in [3.05, 3.63) is 30.3 Å². The Morgan fingerprint density at radius 1 is 0.743 bits per heavy atom. The van der Waals surface area contributed by atoms with Crippen molar-refractivity contribution < 1.29 is 61.5 Å². The van der Waals surface area contributed by atoms with Crippen LogP contribution >= 0.6 is 0 Å². The molecular weight excluding hydrogens is 528 g/mol. The average molecular weight is 549 g/mol. The molecule has 1 atom stereocenters. The summed E-state index contributed by atoms with van der Waals surface area (Å²) >= 11 is 0. The zero-order valence-electron chi connectivity index (χ0n) is 18.4. The standard InChI is InChI=1S/C20H21F12O2Si/c1-14(2,3)11-13-16(19(27,28)29,20(30,31)32)34-35(13,12-7-5-4-6-8-12)10-9-15(33-35,17(21,22)23)18(24,25)26/h4-8,13H,9-11H2,1-3H3/q-1/t13-/m1/s1. The number of halogens is 12. The van der Waals surface area contributed by atoms with Crippen molar-refractivity contribution in [1.29, 1.82) is 0 Å². The van der Waals surface area contributed by atoms with E-state index in [2.05, 4.69) is 4.43 Å². The zero-order valence-corrected chi connectivity index (χ0v) is 19.4. The SMILES string of the molecule is CC(C)(C)C[C@@H]1C(C(F)(F)F)(C(F)(F)F)O[Si-]12(c1ccccc1)CCC(C(F)(F)F)(C(F)(F)F)O2. The van der Waals surface area contributed by atoms with Crippen LogP contribution in [0.1, 0.15) is 33.6 Å². The summed E-state index contributed by atoms with van der Waals surface area (Å²) in [6.07, 6.45) is -27.8. The number of alkyl halides is 12. The van der Waals surface area contributed by atoms with Crippen molar-refractivity contribution in [2.75, 3.05) is 0 Å². The quantitative estimate of drug-likeness (QED) is 0.285. The molecule has 1 aromatic rings. The van der Waals surface area contributed by atoms with E-state index >= 15 is 0 Å². The molecule has 1 aromatic carbocycles. The van der Waals surface area contributed by atoms with Crippen molar-refractivity contribution in [3.63, 3.8) is 0 Å². The van der Waals surface area contributed by atoms with Crippen LogP contribution in [0.5, 0.6) is 0 Å². The van der Waals surface area contributed by atoms with Gasteiger partial charge in [-0.25, -0.2) is 0 Å². The van der Waals surface area contributed by atoms with E-state index in [-0.39, 0.29) is 0 Å². The van der Waals surface area contributed by atoms with E-state index in [1.807, 2.05) is 0 Å². The molecule has 0 radical (unpaired) electrons. The molecule has 35 heavy (non-hydrogen) atoms. The Kier molecular flexibility index (Phi) is 5.86. The Bertz CT molecular complexity index is 932. The first-order valence-electron chi connectivity index (χ1n) is 10.3. The molecule has 2 aliphatic heterocycles. The third kappa shape index (κ3) is 3.62. The van der Waals surface area contributed by atoms with E-state index in [1.54, 1.807) is 0 Å². The van der Waals surface area contributed by atoms with Gasteiger partial charge in [-0.3, -0.25) is 0 Å². The molecule has 2 heterocycles. The number of rotatable bonds is 2. The van der Waals surface area contributed by atoms with E-state index in [0.717, 1.165) is 24.3 Å². The first-order chi connectivity index (χ1) is 15.4. The van der Waals surface area contributed by atoms with Crippen LogP contribution < -0.4 is 5.19 Å². The van der Waals surface area contributed by atoms with Crippen molar-refractivity contribution in [2.24, 2.45) is 5.41 Å². The summed E-state index contributed by atoms with van der Waals surface area (Å²) in [5, 5.41) is -0.652. The van der Waals surface area contributed by atoms with Crippen molar-refractivity contribution >= 4 is 13.0 Å². The normalized spacial score (nSPS) is 27.2. The molecule has 0 N–H and O–H groups in total. The molecule has 15 heteroatoms. The van der Waals surface area contributed by atoms with Gasteiger partial charge in [-0.1, -0.05) is 0 Å². The van der Waals surface area contributed by atoms with Crippen LogP contribution in [0.2, 0.25) is 11.6 Å². The van der Waals surface area contributed by atoms with Crippen LogP contribution in [0.4, 0.5) is 52.7 Å². The van der Waals surface area contributed by atoms with Gasteiger partial charge < -0.3 is 0 Å². The second-order valence-electron chi connectivity index (χ2n) is 10.3. The Balaban J connectivity index is 2.44. The van der Waals surface area contributed by atoms with Gasteiger partial charge in [-0.2, -0.15) is 0 Å². The molecule has 2 saturated heterocycles. The minimum absolute atomic E-state index is 0.652. The van der Waals surface area contributed by atoms with Crippen LogP contribution in [0, 0.1) is 5.41 Å². The summed E-state index contributed by atoms with van der Waals surface area (Å²) in [6, 6.07) is 3.72. The third-order valence-electron chi connectivity index (χ3n) is 6.88. The van der Waals surface area contributed by atoms with E-state index in [0.29, 0.717) is 0 Å². The van der Waals surface area contributed by atoms with Gasteiger partial charge in [-0.05, 0) is 0 Å². The number of benzene rings is 1. The van der Waals surface area contributed by atoms with Crippen LogP contribution in [0.25, 0.3) is 0 Å². The topological polar surface area (TPSA) is 18.5 Å². The molecule has 0 bridgehead atoms. The molecule has 0 amide bonds. The number of hydrogen-bond acceptors (Lipinski definition) is 2. The van der Waals surface area contributed by atoms with Crippen molar-refractivity contribution in [3.8, 4) is 0 Å². The minimum atomic E-state index is -6.51. The summed E-state index contributed by atoms with van der Waals surface area (Å²) in [7, 11) is -6.51. The molecule has 0 aromatic heterocycles. The summed E-state index contributed by atoms with van der Waals surface area (Å²) in [4.78, 5) is 0. The molecule has 1 spiro atoms. The van der Waals surface area contributed by atoms with Crippen LogP contribution in [0.15, 0.2) is 30.3 Å². The fourth-order valence-electron chi connectivity index (χ4n) is 5.51. The Morgan fingerprint density at radius 2 is 1.20 bits per heavy atom. The molecule has 3 rings (SSSR count). The van der Waals surface area contributed by atoms with E-state index in [1.165, 1.54) is 26.8 Å². The number of hydrogen-bond donors (Lipinski definition) is 0. The Hall–Kier alpha value is -1.48. The van der Waals surface area contributed by atoms with Gasteiger partial charge in [-0.15, -0.1) is 0 Å². The molecule has 0 saturated carbocycles. The summed E-state index contributed by atoms with van der Waals surface area (Å²) in [6.45, 7) is 3.67. The molecule has 2 aliphatic rings. The fraction of sp³-hybridized carbons (Fsp3) is 0.700. The molecule has 2 nitrogen and oxygen atoms in total.